The van der Waals surface area contributed by atoms with Gasteiger partial charge in [-0.15, -0.1) is 0 Å². The van der Waals surface area contributed by atoms with Crippen molar-refractivity contribution in [3.63, 3.8) is 0 Å². The third-order valence-electron chi connectivity index (χ3n) is 4.41. The summed E-state index contributed by atoms with van der Waals surface area (Å²) in [5.74, 6) is 1.01. The molecule has 0 saturated carbocycles. The average Bonchev–Trinajstić information content (AvgIpc) is 2.94. The zero-order valence-corrected chi connectivity index (χ0v) is 13.0. The predicted molar refractivity (Wildman–Crippen MR) is 82.4 cm³/mol. The highest BCUT2D eigenvalue weighted by molar-refractivity contribution is 5.80. The van der Waals surface area contributed by atoms with E-state index in [-0.39, 0.29) is 5.91 Å². The van der Waals surface area contributed by atoms with Crippen LogP contribution in [0.4, 0.5) is 0 Å². The second-order valence-electron chi connectivity index (χ2n) is 6.12. The van der Waals surface area contributed by atoms with E-state index in [4.69, 9.17) is 0 Å². The van der Waals surface area contributed by atoms with Crippen molar-refractivity contribution in [3.05, 3.63) is 11.8 Å². The van der Waals surface area contributed by atoms with E-state index in [1.165, 1.54) is 25.0 Å². The maximum atomic E-state index is 12.4. The van der Waals surface area contributed by atoms with E-state index in [0.29, 0.717) is 6.54 Å². The highest BCUT2D eigenvalue weighted by Crippen LogP contribution is 2.21. The molecule has 1 saturated heterocycles. The van der Waals surface area contributed by atoms with Crippen molar-refractivity contribution in [2.75, 3.05) is 39.8 Å². The molecule has 114 valence electrons. The van der Waals surface area contributed by atoms with Gasteiger partial charge in [0.15, 0.2) is 0 Å². The van der Waals surface area contributed by atoms with Crippen LogP contribution in [0.2, 0.25) is 0 Å². The normalized spacial score (nSPS) is 20.2. The van der Waals surface area contributed by atoms with Crippen LogP contribution >= 0.6 is 0 Å². The highest BCUT2D eigenvalue weighted by Gasteiger charge is 2.21. The molecule has 2 aliphatic rings. The number of nitrogens with one attached hydrogen (secondary N) is 1. The molecule has 1 fully saturated rings. The minimum Gasteiger partial charge on any atom is -0.317 e. The van der Waals surface area contributed by atoms with Crippen LogP contribution in [0, 0.1) is 5.92 Å². The molecule has 1 amide bonds. The fourth-order valence-corrected chi connectivity index (χ4v) is 3.32. The molecule has 1 heterocycles. The van der Waals surface area contributed by atoms with Crippen molar-refractivity contribution in [1.82, 2.24) is 15.1 Å². The molecule has 0 atom stereocenters. The van der Waals surface area contributed by atoms with Gasteiger partial charge in [-0.3, -0.25) is 9.69 Å². The van der Waals surface area contributed by atoms with E-state index in [1.54, 1.807) is 0 Å². The molecule has 0 aromatic heterocycles. The molecule has 0 unspecified atom stereocenters. The van der Waals surface area contributed by atoms with Gasteiger partial charge in [-0.05, 0) is 65.1 Å². The molecule has 1 aliphatic heterocycles. The van der Waals surface area contributed by atoms with E-state index >= 15 is 0 Å². The molecule has 0 spiro atoms. The molecular formula is C16H29N3O. The van der Waals surface area contributed by atoms with Crippen molar-refractivity contribution in [3.8, 4) is 0 Å². The fourth-order valence-electron chi connectivity index (χ4n) is 3.32. The summed E-state index contributed by atoms with van der Waals surface area (Å²) in [5, 5.41) is 3.39. The molecule has 0 bridgehead atoms. The maximum Gasteiger partial charge on any atom is 0.240 e. The number of allylic oxidation sites excluding steroid dienone is 2. The SMILES string of the molecule is CCN(C(=O)CN(C)CC1CCNCC1)C1=CCCC1. The van der Waals surface area contributed by atoms with Gasteiger partial charge in [-0.25, -0.2) is 0 Å². The van der Waals surface area contributed by atoms with Crippen LogP contribution in [-0.2, 0) is 4.79 Å². The predicted octanol–water partition coefficient (Wildman–Crippen LogP) is 1.83. The van der Waals surface area contributed by atoms with E-state index in [0.717, 1.165) is 44.9 Å². The number of piperidine rings is 1. The Labute approximate surface area is 123 Å². The summed E-state index contributed by atoms with van der Waals surface area (Å²) in [4.78, 5) is 16.6. The summed E-state index contributed by atoms with van der Waals surface area (Å²) in [6, 6.07) is 0. The lowest BCUT2D eigenvalue weighted by atomic mass is 9.98. The van der Waals surface area contributed by atoms with Crippen LogP contribution in [0.5, 0.6) is 0 Å². The molecular weight excluding hydrogens is 250 g/mol. The lowest BCUT2D eigenvalue weighted by Gasteiger charge is -2.29. The number of hydrogen-bond acceptors (Lipinski definition) is 3. The van der Waals surface area contributed by atoms with Gasteiger partial charge in [-0.2, -0.15) is 0 Å². The van der Waals surface area contributed by atoms with E-state index in [2.05, 4.69) is 30.3 Å². The summed E-state index contributed by atoms with van der Waals surface area (Å²) in [6.45, 7) is 6.72. The Hall–Kier alpha value is -0.870. The van der Waals surface area contributed by atoms with Crippen LogP contribution in [0.3, 0.4) is 0 Å². The Balaban J connectivity index is 1.79. The van der Waals surface area contributed by atoms with Crippen molar-refractivity contribution in [1.29, 1.82) is 0 Å². The number of rotatable bonds is 6. The van der Waals surface area contributed by atoms with Gasteiger partial charge in [0.25, 0.3) is 0 Å². The maximum absolute atomic E-state index is 12.4. The Bertz CT molecular complexity index is 348. The number of carbonyl (C=O) groups is 1. The molecule has 0 radical (unpaired) electrons. The minimum atomic E-state index is 0.261. The lowest BCUT2D eigenvalue weighted by Crippen LogP contribution is -2.41. The van der Waals surface area contributed by atoms with Gasteiger partial charge in [0, 0.05) is 18.8 Å². The van der Waals surface area contributed by atoms with Gasteiger partial charge in [0.2, 0.25) is 5.91 Å². The minimum absolute atomic E-state index is 0.261. The van der Waals surface area contributed by atoms with E-state index < -0.39 is 0 Å². The van der Waals surface area contributed by atoms with Crippen LogP contribution < -0.4 is 5.32 Å². The number of likely N-dealkylation sites (N-methyl/N-ethyl adjacent to an activating group) is 2. The Kier molecular flexibility index (Phi) is 6.05. The average molecular weight is 279 g/mol. The first-order chi connectivity index (χ1) is 9.70. The fraction of sp³-hybridized carbons (Fsp3) is 0.812. The smallest absolute Gasteiger partial charge is 0.240 e. The molecule has 4 nitrogen and oxygen atoms in total. The third kappa shape index (κ3) is 4.32. The van der Waals surface area contributed by atoms with Crippen LogP contribution in [-0.4, -0.2) is 55.5 Å². The molecule has 2 rings (SSSR count). The molecule has 4 heteroatoms. The first kappa shape index (κ1) is 15.5. The zero-order valence-electron chi connectivity index (χ0n) is 13.0. The van der Waals surface area contributed by atoms with Gasteiger partial charge >= 0.3 is 0 Å². The van der Waals surface area contributed by atoms with Crippen LogP contribution in [0.25, 0.3) is 0 Å². The third-order valence-corrected chi connectivity index (χ3v) is 4.41. The standard InChI is InChI=1S/C16H29N3O/c1-3-19(15-6-4-5-7-15)16(20)13-18(2)12-14-8-10-17-11-9-14/h6,14,17H,3-5,7-13H2,1-2H3. The van der Waals surface area contributed by atoms with Gasteiger partial charge in [0.1, 0.15) is 0 Å². The quantitative estimate of drug-likeness (QED) is 0.806. The van der Waals surface area contributed by atoms with Gasteiger partial charge in [-0.1, -0.05) is 6.08 Å². The Morgan fingerprint density at radius 1 is 1.40 bits per heavy atom. The molecule has 1 N–H and O–H groups in total. The van der Waals surface area contributed by atoms with Crippen molar-refractivity contribution in [2.45, 2.75) is 39.0 Å². The van der Waals surface area contributed by atoms with E-state index in [9.17, 15) is 4.79 Å². The number of carbonyl (C=O) groups excluding carboxylic acids is 1. The van der Waals surface area contributed by atoms with Crippen LogP contribution in [0.15, 0.2) is 11.8 Å². The number of hydrogen-bond donors (Lipinski definition) is 1. The first-order valence-electron chi connectivity index (χ1n) is 8.09. The summed E-state index contributed by atoms with van der Waals surface area (Å²) >= 11 is 0. The summed E-state index contributed by atoms with van der Waals surface area (Å²) < 4.78 is 0. The molecule has 0 aromatic carbocycles. The second-order valence-corrected chi connectivity index (χ2v) is 6.12. The summed E-state index contributed by atoms with van der Waals surface area (Å²) in [6.07, 6.45) is 8.10. The highest BCUT2D eigenvalue weighted by atomic mass is 16.2. The summed E-state index contributed by atoms with van der Waals surface area (Å²) in [7, 11) is 2.08. The molecule has 1 aliphatic carbocycles. The van der Waals surface area contributed by atoms with Gasteiger partial charge < -0.3 is 10.2 Å². The van der Waals surface area contributed by atoms with Crippen LogP contribution in [0.1, 0.15) is 39.0 Å². The lowest BCUT2D eigenvalue weighted by molar-refractivity contribution is -0.130. The zero-order chi connectivity index (χ0) is 14.4. The van der Waals surface area contributed by atoms with Gasteiger partial charge in [0.05, 0.1) is 6.54 Å². The topological polar surface area (TPSA) is 35.6 Å². The van der Waals surface area contributed by atoms with Crippen molar-refractivity contribution in [2.24, 2.45) is 5.92 Å². The van der Waals surface area contributed by atoms with Crippen molar-refractivity contribution < 1.29 is 4.79 Å². The molecule has 20 heavy (non-hydrogen) atoms. The largest absolute Gasteiger partial charge is 0.317 e. The van der Waals surface area contributed by atoms with Crippen molar-refractivity contribution >= 4 is 5.91 Å². The monoisotopic (exact) mass is 279 g/mol. The number of amides is 1. The first-order valence-corrected chi connectivity index (χ1v) is 8.09. The number of nitrogens with zero attached hydrogens (tertiary/aromatic N) is 2. The molecule has 0 aromatic rings. The summed E-state index contributed by atoms with van der Waals surface area (Å²) in [5.41, 5.74) is 1.24. The Morgan fingerprint density at radius 3 is 2.75 bits per heavy atom. The second kappa shape index (κ2) is 7.79. The Morgan fingerprint density at radius 2 is 2.15 bits per heavy atom. The van der Waals surface area contributed by atoms with E-state index in [1.807, 2.05) is 4.90 Å².